The minimum absolute atomic E-state index is 0.338. The molecule has 0 bridgehead atoms. The highest BCUT2D eigenvalue weighted by Gasteiger charge is 2.36. The second-order valence-electron chi connectivity index (χ2n) is 6.81. The Morgan fingerprint density at radius 1 is 1.00 bits per heavy atom. The molecule has 0 atom stereocenters. The van der Waals surface area contributed by atoms with Crippen LogP contribution < -0.4 is 4.90 Å². The summed E-state index contributed by atoms with van der Waals surface area (Å²) in [6.07, 6.45) is 1.75. The molecule has 1 saturated heterocycles. The molecule has 0 aliphatic carbocycles. The number of imide groups is 1. The zero-order chi connectivity index (χ0) is 21.4. The number of carbonyl (C=O) groups is 2. The molecular weight excluding hydrogens is 418 g/mol. The number of nitriles is 1. The molecule has 0 spiro atoms. The molecule has 5 nitrogen and oxygen atoms in total. The van der Waals surface area contributed by atoms with E-state index in [1.165, 1.54) is 0 Å². The highest BCUT2D eigenvalue weighted by atomic mass is 35.5. The monoisotopic (exact) mass is 433 g/mol. The van der Waals surface area contributed by atoms with E-state index in [0.717, 1.165) is 39.3 Å². The lowest BCUT2D eigenvalue weighted by molar-refractivity contribution is -0.113. The minimum atomic E-state index is -0.351. The van der Waals surface area contributed by atoms with Gasteiger partial charge in [0.15, 0.2) is 0 Å². The molecule has 0 radical (unpaired) electrons. The molecule has 148 valence electrons. The van der Waals surface area contributed by atoms with Gasteiger partial charge in [-0.1, -0.05) is 11.6 Å². The topological polar surface area (TPSA) is 66.1 Å². The van der Waals surface area contributed by atoms with E-state index >= 15 is 0 Å². The standard InChI is InChI=1S/C23H16ClN3O2S/c1-14-11-17(15(2)26(14)19-7-3-16(13-25)4-8-19)12-21-22(28)27(23(29)30-21)20-9-5-18(24)6-10-20/h3-12H,1-2H3/b21-12+. The summed E-state index contributed by atoms with van der Waals surface area (Å²) in [5.74, 6) is -0.351. The first-order chi connectivity index (χ1) is 14.4. The lowest BCUT2D eigenvalue weighted by Crippen LogP contribution is -2.27. The Hall–Kier alpha value is -3.27. The van der Waals surface area contributed by atoms with Crippen molar-refractivity contribution in [2.75, 3.05) is 4.90 Å². The van der Waals surface area contributed by atoms with Crippen molar-refractivity contribution in [3.8, 4) is 11.8 Å². The van der Waals surface area contributed by atoms with Crippen molar-refractivity contribution in [1.29, 1.82) is 5.26 Å². The van der Waals surface area contributed by atoms with E-state index < -0.39 is 0 Å². The number of hydrogen-bond donors (Lipinski definition) is 0. The van der Waals surface area contributed by atoms with Crippen LogP contribution in [0.3, 0.4) is 0 Å². The lowest BCUT2D eigenvalue weighted by atomic mass is 10.2. The Bertz CT molecular complexity index is 1240. The molecule has 2 heterocycles. The van der Waals surface area contributed by atoms with Gasteiger partial charge < -0.3 is 4.57 Å². The van der Waals surface area contributed by atoms with Crippen molar-refractivity contribution in [2.45, 2.75) is 13.8 Å². The van der Waals surface area contributed by atoms with Crippen LogP contribution in [0.1, 0.15) is 22.5 Å². The van der Waals surface area contributed by atoms with Gasteiger partial charge in [-0.25, -0.2) is 4.90 Å². The van der Waals surface area contributed by atoms with Gasteiger partial charge in [0.1, 0.15) is 0 Å². The van der Waals surface area contributed by atoms with Crippen molar-refractivity contribution in [3.05, 3.63) is 87.0 Å². The molecule has 1 fully saturated rings. The van der Waals surface area contributed by atoms with Crippen LogP contribution in [-0.4, -0.2) is 15.7 Å². The fraction of sp³-hybridized carbons (Fsp3) is 0.0870. The third kappa shape index (κ3) is 3.54. The van der Waals surface area contributed by atoms with Crippen molar-refractivity contribution in [2.24, 2.45) is 0 Å². The predicted octanol–water partition coefficient (Wildman–Crippen LogP) is 5.86. The van der Waals surface area contributed by atoms with Crippen molar-refractivity contribution < 1.29 is 9.59 Å². The van der Waals surface area contributed by atoms with Gasteiger partial charge in [0.05, 0.1) is 22.2 Å². The molecule has 0 saturated carbocycles. The van der Waals surface area contributed by atoms with Crippen LogP contribution in [0.15, 0.2) is 59.5 Å². The van der Waals surface area contributed by atoms with Crippen molar-refractivity contribution >= 4 is 46.3 Å². The maximum absolute atomic E-state index is 12.9. The number of anilines is 1. The van der Waals surface area contributed by atoms with Crippen LogP contribution in [0.5, 0.6) is 0 Å². The molecule has 0 unspecified atom stereocenters. The normalized spacial score (nSPS) is 15.1. The Kier molecular flexibility index (Phi) is 5.25. The van der Waals surface area contributed by atoms with E-state index in [-0.39, 0.29) is 11.1 Å². The molecule has 1 aliphatic rings. The SMILES string of the molecule is Cc1cc(/C=C2/SC(=O)N(c3ccc(Cl)cc3)C2=O)c(C)n1-c1ccc(C#N)cc1. The van der Waals surface area contributed by atoms with Gasteiger partial charge in [0.25, 0.3) is 11.1 Å². The molecule has 4 rings (SSSR count). The van der Waals surface area contributed by atoms with E-state index in [1.807, 2.05) is 32.0 Å². The number of benzene rings is 2. The molecule has 2 aromatic carbocycles. The van der Waals surface area contributed by atoms with E-state index in [2.05, 4.69) is 10.6 Å². The zero-order valence-corrected chi connectivity index (χ0v) is 17.8. The molecule has 1 aliphatic heterocycles. The van der Waals surface area contributed by atoms with Crippen molar-refractivity contribution in [3.63, 3.8) is 0 Å². The fourth-order valence-electron chi connectivity index (χ4n) is 3.44. The molecular formula is C23H16ClN3O2S. The third-order valence-electron chi connectivity index (χ3n) is 4.89. The summed E-state index contributed by atoms with van der Waals surface area (Å²) >= 11 is 6.83. The van der Waals surface area contributed by atoms with Crippen LogP contribution in [0, 0.1) is 25.2 Å². The molecule has 2 amide bonds. The number of hydrogen-bond acceptors (Lipinski definition) is 4. The molecule has 1 aromatic heterocycles. The van der Waals surface area contributed by atoms with Gasteiger partial charge in [0, 0.05) is 22.1 Å². The Morgan fingerprint density at radius 2 is 1.63 bits per heavy atom. The third-order valence-corrected chi connectivity index (χ3v) is 6.01. The van der Waals surface area contributed by atoms with Gasteiger partial charge in [-0.15, -0.1) is 0 Å². The predicted molar refractivity (Wildman–Crippen MR) is 120 cm³/mol. The number of thioether (sulfide) groups is 1. The number of aryl methyl sites for hydroxylation is 1. The number of nitrogens with zero attached hydrogens (tertiary/aromatic N) is 3. The minimum Gasteiger partial charge on any atom is -0.318 e. The second kappa shape index (κ2) is 7.86. The van der Waals surface area contributed by atoms with E-state index in [1.54, 1.807) is 42.5 Å². The smallest absolute Gasteiger partial charge is 0.298 e. The zero-order valence-electron chi connectivity index (χ0n) is 16.2. The first-order valence-electron chi connectivity index (χ1n) is 9.12. The number of rotatable bonds is 3. The van der Waals surface area contributed by atoms with E-state index in [4.69, 9.17) is 16.9 Å². The highest BCUT2D eigenvalue weighted by molar-refractivity contribution is 8.19. The van der Waals surface area contributed by atoms with Gasteiger partial charge in [-0.2, -0.15) is 5.26 Å². The van der Waals surface area contributed by atoms with Gasteiger partial charge in [-0.3, -0.25) is 9.59 Å². The second-order valence-corrected chi connectivity index (χ2v) is 8.24. The quantitative estimate of drug-likeness (QED) is 0.485. The van der Waals surface area contributed by atoms with Crippen LogP contribution in [0.4, 0.5) is 10.5 Å². The number of carbonyl (C=O) groups excluding carboxylic acids is 2. The Balaban J connectivity index is 1.68. The van der Waals surface area contributed by atoms with Gasteiger partial charge in [-0.05, 0) is 91.8 Å². The number of halogens is 1. The van der Waals surface area contributed by atoms with E-state index in [0.29, 0.717) is 21.2 Å². The first kappa shape index (κ1) is 20.0. The molecule has 30 heavy (non-hydrogen) atoms. The van der Waals surface area contributed by atoms with Crippen LogP contribution >= 0.6 is 23.4 Å². The van der Waals surface area contributed by atoms with Crippen LogP contribution in [-0.2, 0) is 4.79 Å². The average Bonchev–Trinajstić information content (AvgIpc) is 3.17. The number of amides is 2. The maximum atomic E-state index is 12.9. The maximum Gasteiger partial charge on any atom is 0.298 e. The fourth-order valence-corrected chi connectivity index (χ4v) is 4.40. The Labute approximate surface area is 183 Å². The lowest BCUT2D eigenvalue weighted by Gasteiger charge is -2.12. The molecule has 7 heteroatoms. The first-order valence-corrected chi connectivity index (χ1v) is 10.3. The average molecular weight is 434 g/mol. The van der Waals surface area contributed by atoms with Crippen LogP contribution in [0.2, 0.25) is 5.02 Å². The summed E-state index contributed by atoms with van der Waals surface area (Å²) in [7, 11) is 0. The van der Waals surface area contributed by atoms with Crippen LogP contribution in [0.25, 0.3) is 11.8 Å². The molecule has 0 N–H and O–H groups in total. The van der Waals surface area contributed by atoms with Gasteiger partial charge >= 0.3 is 0 Å². The molecule has 3 aromatic rings. The Morgan fingerprint density at radius 3 is 2.27 bits per heavy atom. The van der Waals surface area contributed by atoms with Crippen molar-refractivity contribution in [1.82, 2.24) is 4.57 Å². The largest absolute Gasteiger partial charge is 0.318 e. The summed E-state index contributed by atoms with van der Waals surface area (Å²) < 4.78 is 2.05. The highest BCUT2D eigenvalue weighted by Crippen LogP contribution is 2.37. The summed E-state index contributed by atoms with van der Waals surface area (Å²) in [6, 6.07) is 18.0. The summed E-state index contributed by atoms with van der Waals surface area (Å²) in [5.41, 5.74) is 4.80. The summed E-state index contributed by atoms with van der Waals surface area (Å²) in [5, 5.41) is 9.20. The van der Waals surface area contributed by atoms with E-state index in [9.17, 15) is 9.59 Å². The summed E-state index contributed by atoms with van der Waals surface area (Å²) in [6.45, 7) is 3.93. The summed E-state index contributed by atoms with van der Waals surface area (Å²) in [4.78, 5) is 26.9. The number of aromatic nitrogens is 1. The van der Waals surface area contributed by atoms with Gasteiger partial charge in [0.2, 0.25) is 0 Å².